The van der Waals surface area contributed by atoms with Gasteiger partial charge >= 0.3 is 0 Å². The number of carbonyl (C=O) groups excluding carboxylic acids is 1. The van der Waals surface area contributed by atoms with Crippen molar-refractivity contribution >= 4 is 5.91 Å². The van der Waals surface area contributed by atoms with Crippen LogP contribution < -0.4 is 0 Å². The number of aliphatic hydroxyl groups is 1. The standard InChI is InChI=1S/C23H23FN2O3/c24-19-8-4-3-6-17(19)16-5-1-2-7-18(16)22-20(13-25)26(21(22)14-27)23(28)15-9-11-29-12-10-15/h1-8,15,20-22,27H,9-12,14H2/t20-,21-,22-/m1/s1. The predicted molar refractivity (Wildman–Crippen MR) is 105 cm³/mol. The zero-order valence-electron chi connectivity index (χ0n) is 16.0. The van der Waals surface area contributed by atoms with E-state index in [1.165, 1.54) is 11.0 Å². The first-order valence-electron chi connectivity index (χ1n) is 9.91. The minimum Gasteiger partial charge on any atom is -0.394 e. The molecule has 29 heavy (non-hydrogen) atoms. The van der Waals surface area contributed by atoms with E-state index in [4.69, 9.17) is 4.74 Å². The molecule has 1 amide bonds. The molecule has 0 spiro atoms. The molecule has 2 heterocycles. The summed E-state index contributed by atoms with van der Waals surface area (Å²) in [5.74, 6) is -0.997. The molecule has 2 fully saturated rings. The first kappa shape index (κ1) is 19.6. The summed E-state index contributed by atoms with van der Waals surface area (Å²) in [7, 11) is 0. The van der Waals surface area contributed by atoms with Crippen molar-refractivity contribution in [3.05, 3.63) is 59.9 Å². The molecule has 2 aromatic carbocycles. The number of nitriles is 1. The number of benzene rings is 2. The molecule has 0 aliphatic carbocycles. The average molecular weight is 394 g/mol. The molecule has 0 saturated carbocycles. The van der Waals surface area contributed by atoms with Crippen LogP contribution in [0.2, 0.25) is 0 Å². The van der Waals surface area contributed by atoms with Crippen LogP contribution in [-0.4, -0.2) is 47.8 Å². The van der Waals surface area contributed by atoms with Crippen LogP contribution in [0.15, 0.2) is 48.5 Å². The molecular weight excluding hydrogens is 371 g/mol. The van der Waals surface area contributed by atoms with Gasteiger partial charge in [-0.15, -0.1) is 0 Å². The minimum atomic E-state index is -0.685. The number of nitrogens with zero attached hydrogens (tertiary/aromatic N) is 2. The Morgan fingerprint density at radius 2 is 1.79 bits per heavy atom. The molecule has 150 valence electrons. The molecular formula is C23H23FN2O3. The summed E-state index contributed by atoms with van der Waals surface area (Å²) in [5.41, 5.74) is 1.91. The fourth-order valence-electron chi connectivity index (χ4n) is 4.55. The quantitative estimate of drug-likeness (QED) is 0.865. The molecule has 0 unspecified atom stereocenters. The number of carbonyl (C=O) groups is 1. The average Bonchev–Trinajstić information content (AvgIpc) is 2.75. The maximum absolute atomic E-state index is 14.5. The Bertz CT molecular complexity index is 936. The zero-order chi connectivity index (χ0) is 20.4. The van der Waals surface area contributed by atoms with Gasteiger partial charge < -0.3 is 14.7 Å². The van der Waals surface area contributed by atoms with Crippen molar-refractivity contribution in [2.45, 2.75) is 30.8 Å². The fourth-order valence-corrected chi connectivity index (χ4v) is 4.55. The van der Waals surface area contributed by atoms with Crippen LogP contribution in [0.5, 0.6) is 0 Å². The summed E-state index contributed by atoms with van der Waals surface area (Å²) >= 11 is 0. The lowest BCUT2D eigenvalue weighted by atomic mass is 9.72. The highest BCUT2D eigenvalue weighted by Gasteiger charge is 2.53. The van der Waals surface area contributed by atoms with E-state index in [0.717, 1.165) is 5.56 Å². The lowest BCUT2D eigenvalue weighted by molar-refractivity contribution is -0.154. The maximum atomic E-state index is 14.5. The molecule has 0 aromatic heterocycles. The van der Waals surface area contributed by atoms with Crippen LogP contribution >= 0.6 is 0 Å². The second-order valence-electron chi connectivity index (χ2n) is 7.55. The summed E-state index contributed by atoms with van der Waals surface area (Å²) in [6.45, 7) is 0.818. The van der Waals surface area contributed by atoms with Crippen molar-refractivity contribution in [3.8, 4) is 17.2 Å². The third kappa shape index (κ3) is 3.41. The highest BCUT2D eigenvalue weighted by Crippen LogP contribution is 2.45. The van der Waals surface area contributed by atoms with E-state index >= 15 is 0 Å². The monoisotopic (exact) mass is 394 g/mol. The van der Waals surface area contributed by atoms with Crippen molar-refractivity contribution in [1.29, 1.82) is 5.26 Å². The van der Waals surface area contributed by atoms with Crippen LogP contribution in [0.25, 0.3) is 11.1 Å². The van der Waals surface area contributed by atoms with Gasteiger partial charge in [0, 0.05) is 30.6 Å². The largest absolute Gasteiger partial charge is 0.394 e. The molecule has 1 N–H and O–H groups in total. The Morgan fingerprint density at radius 3 is 2.45 bits per heavy atom. The van der Waals surface area contributed by atoms with Crippen molar-refractivity contribution in [3.63, 3.8) is 0 Å². The van der Waals surface area contributed by atoms with Gasteiger partial charge in [0.05, 0.1) is 18.7 Å². The van der Waals surface area contributed by atoms with Gasteiger partial charge in [-0.05, 0) is 30.0 Å². The normalized spacial score (nSPS) is 24.6. The van der Waals surface area contributed by atoms with Crippen molar-refractivity contribution in [2.24, 2.45) is 5.92 Å². The van der Waals surface area contributed by atoms with Crippen LogP contribution in [0.3, 0.4) is 0 Å². The van der Waals surface area contributed by atoms with Gasteiger partial charge in [0.15, 0.2) is 0 Å². The summed E-state index contributed by atoms with van der Waals surface area (Å²) in [4.78, 5) is 14.6. The Labute approximate surface area is 169 Å². The maximum Gasteiger partial charge on any atom is 0.227 e. The van der Waals surface area contributed by atoms with E-state index in [0.29, 0.717) is 37.2 Å². The zero-order valence-corrected chi connectivity index (χ0v) is 16.0. The SMILES string of the molecule is N#C[C@@H]1[C@@H](c2ccccc2-c2ccccc2F)[C@@H](CO)N1C(=O)C1CCOCC1. The van der Waals surface area contributed by atoms with E-state index < -0.39 is 12.1 Å². The van der Waals surface area contributed by atoms with Crippen LogP contribution in [0.4, 0.5) is 4.39 Å². The van der Waals surface area contributed by atoms with Gasteiger partial charge in [-0.1, -0.05) is 42.5 Å². The third-order valence-electron chi connectivity index (χ3n) is 6.04. The Morgan fingerprint density at radius 1 is 1.14 bits per heavy atom. The molecule has 0 radical (unpaired) electrons. The molecule has 2 aliphatic rings. The number of hydrogen-bond acceptors (Lipinski definition) is 4. The second-order valence-corrected chi connectivity index (χ2v) is 7.55. The van der Waals surface area contributed by atoms with Crippen LogP contribution in [0.1, 0.15) is 24.3 Å². The van der Waals surface area contributed by atoms with Crippen molar-refractivity contribution in [1.82, 2.24) is 4.90 Å². The number of amides is 1. The molecule has 2 aliphatic heterocycles. The van der Waals surface area contributed by atoms with Crippen molar-refractivity contribution < 1.29 is 19.0 Å². The van der Waals surface area contributed by atoms with Gasteiger partial charge in [-0.2, -0.15) is 5.26 Å². The molecule has 3 atom stereocenters. The van der Waals surface area contributed by atoms with Gasteiger partial charge in [0.2, 0.25) is 5.91 Å². The lowest BCUT2D eigenvalue weighted by Crippen LogP contribution is -2.66. The smallest absolute Gasteiger partial charge is 0.227 e. The predicted octanol–water partition coefficient (Wildman–Crippen LogP) is 3.10. The van der Waals surface area contributed by atoms with Crippen LogP contribution in [-0.2, 0) is 9.53 Å². The summed E-state index contributed by atoms with van der Waals surface area (Å²) in [6.07, 6.45) is 1.25. The van der Waals surface area contributed by atoms with E-state index in [1.807, 2.05) is 24.3 Å². The van der Waals surface area contributed by atoms with E-state index in [1.54, 1.807) is 18.2 Å². The molecule has 2 saturated heterocycles. The molecule has 6 heteroatoms. The first-order valence-corrected chi connectivity index (χ1v) is 9.91. The van der Waals surface area contributed by atoms with E-state index in [2.05, 4.69) is 6.07 Å². The highest BCUT2D eigenvalue weighted by atomic mass is 19.1. The Hall–Kier alpha value is -2.75. The first-order chi connectivity index (χ1) is 14.2. The molecule has 2 aromatic rings. The van der Waals surface area contributed by atoms with E-state index in [-0.39, 0.29) is 30.2 Å². The molecule has 0 bridgehead atoms. The molecule has 5 nitrogen and oxygen atoms in total. The summed E-state index contributed by atoms with van der Waals surface area (Å²) in [5, 5.41) is 19.9. The second kappa shape index (κ2) is 8.32. The summed E-state index contributed by atoms with van der Waals surface area (Å²) in [6, 6.07) is 14.9. The lowest BCUT2D eigenvalue weighted by Gasteiger charge is -2.53. The number of hydrogen-bond donors (Lipinski definition) is 1. The number of rotatable bonds is 4. The Kier molecular flexibility index (Phi) is 5.61. The van der Waals surface area contributed by atoms with E-state index in [9.17, 15) is 19.6 Å². The van der Waals surface area contributed by atoms with Gasteiger partial charge in [0.25, 0.3) is 0 Å². The highest BCUT2D eigenvalue weighted by molar-refractivity contribution is 5.82. The topological polar surface area (TPSA) is 73.6 Å². The minimum absolute atomic E-state index is 0.0986. The van der Waals surface area contributed by atoms with Crippen molar-refractivity contribution in [2.75, 3.05) is 19.8 Å². The van der Waals surface area contributed by atoms with Gasteiger partial charge in [-0.25, -0.2) is 4.39 Å². The number of aliphatic hydroxyl groups excluding tert-OH is 1. The summed E-state index contributed by atoms with van der Waals surface area (Å²) < 4.78 is 19.8. The third-order valence-corrected chi connectivity index (χ3v) is 6.04. The fraction of sp³-hybridized carbons (Fsp3) is 0.391. The molecule has 4 rings (SSSR count). The van der Waals surface area contributed by atoms with Crippen LogP contribution in [0, 0.1) is 23.1 Å². The van der Waals surface area contributed by atoms with Gasteiger partial charge in [-0.3, -0.25) is 4.79 Å². The van der Waals surface area contributed by atoms with Gasteiger partial charge in [0.1, 0.15) is 11.9 Å². The number of ether oxygens (including phenoxy) is 1. The number of likely N-dealkylation sites (tertiary alicyclic amines) is 1. The number of halogens is 1. The Balaban J connectivity index is 1.69.